The Kier molecular flexibility index (Phi) is 5.10. The molecule has 0 radical (unpaired) electrons. The van der Waals surface area contributed by atoms with Crippen LogP contribution in [0.15, 0.2) is 64.8 Å². The minimum Gasteiger partial charge on any atom is -0.457 e. The van der Waals surface area contributed by atoms with Crippen LogP contribution in [0.2, 0.25) is 0 Å². The highest BCUT2D eigenvalue weighted by Crippen LogP contribution is 2.36. The fourth-order valence-electron chi connectivity index (χ4n) is 2.50. The highest BCUT2D eigenvalue weighted by atomic mass is 16.5. The lowest BCUT2D eigenvalue weighted by Gasteiger charge is -2.13. The third-order valence-electron chi connectivity index (χ3n) is 3.97. The maximum absolute atomic E-state index is 12.5. The summed E-state index contributed by atoms with van der Waals surface area (Å²) in [6.07, 6.45) is 7.30. The number of ether oxygens (including phenoxy) is 1. The predicted octanol–water partition coefficient (Wildman–Crippen LogP) is 4.17. The van der Waals surface area contributed by atoms with E-state index >= 15 is 0 Å². The standard InChI is InChI=1S/C20H19N3O2/c1-2-3-13-20(22-23-20)14-15-21-19(24)17-11-7-8-12-18(17)25-16-9-5-4-6-10-16/h1,4-12H,3,13-15H2,(H,21,24). The van der Waals surface area contributed by atoms with Crippen LogP contribution >= 0.6 is 0 Å². The average molecular weight is 333 g/mol. The van der Waals surface area contributed by atoms with Crippen LogP contribution in [0.3, 0.4) is 0 Å². The van der Waals surface area contributed by atoms with Crippen molar-refractivity contribution < 1.29 is 9.53 Å². The van der Waals surface area contributed by atoms with Crippen LogP contribution in [0.1, 0.15) is 29.6 Å². The normalized spacial score (nSPS) is 13.7. The minimum absolute atomic E-state index is 0.181. The molecule has 1 aliphatic rings. The molecule has 2 aromatic rings. The zero-order valence-corrected chi connectivity index (χ0v) is 13.8. The fraction of sp³-hybridized carbons (Fsp3) is 0.250. The van der Waals surface area contributed by atoms with Crippen molar-refractivity contribution in [2.45, 2.75) is 24.9 Å². The number of nitrogens with zero attached hydrogens (tertiary/aromatic N) is 2. The molecule has 2 aromatic carbocycles. The molecular formula is C20H19N3O2. The Balaban J connectivity index is 1.58. The second-order valence-electron chi connectivity index (χ2n) is 5.80. The van der Waals surface area contributed by atoms with Gasteiger partial charge in [0.15, 0.2) is 5.66 Å². The van der Waals surface area contributed by atoms with Gasteiger partial charge in [0.25, 0.3) is 5.91 Å². The lowest BCUT2D eigenvalue weighted by Crippen LogP contribution is -2.28. The van der Waals surface area contributed by atoms with Crippen LogP contribution in [0.25, 0.3) is 0 Å². The van der Waals surface area contributed by atoms with E-state index in [-0.39, 0.29) is 11.6 Å². The van der Waals surface area contributed by atoms with Gasteiger partial charge in [-0.25, -0.2) is 0 Å². The van der Waals surface area contributed by atoms with Crippen LogP contribution in [0.4, 0.5) is 0 Å². The van der Waals surface area contributed by atoms with Gasteiger partial charge in [-0.1, -0.05) is 30.3 Å². The zero-order valence-electron chi connectivity index (χ0n) is 13.8. The van der Waals surface area contributed by atoms with Crippen molar-refractivity contribution in [3.05, 3.63) is 60.2 Å². The number of hydrogen-bond acceptors (Lipinski definition) is 4. The monoisotopic (exact) mass is 333 g/mol. The molecule has 0 aliphatic carbocycles. The SMILES string of the molecule is C#CCCC1(CCNC(=O)c2ccccc2Oc2ccccc2)N=N1. The molecule has 0 aromatic heterocycles. The van der Waals surface area contributed by atoms with E-state index in [1.54, 1.807) is 12.1 Å². The molecule has 25 heavy (non-hydrogen) atoms. The van der Waals surface area contributed by atoms with Crippen LogP contribution < -0.4 is 10.1 Å². The summed E-state index contributed by atoms with van der Waals surface area (Å²) in [7, 11) is 0. The van der Waals surface area contributed by atoms with Gasteiger partial charge < -0.3 is 10.1 Å². The van der Waals surface area contributed by atoms with E-state index in [4.69, 9.17) is 11.2 Å². The molecule has 0 bridgehead atoms. The van der Waals surface area contributed by atoms with E-state index in [2.05, 4.69) is 21.5 Å². The molecular weight excluding hydrogens is 314 g/mol. The molecule has 1 amide bonds. The van der Waals surface area contributed by atoms with Gasteiger partial charge in [0, 0.05) is 25.8 Å². The molecule has 5 heteroatoms. The third-order valence-corrected chi connectivity index (χ3v) is 3.97. The minimum atomic E-state index is -0.389. The van der Waals surface area contributed by atoms with Gasteiger partial charge in [0.2, 0.25) is 0 Å². The number of hydrogen-bond donors (Lipinski definition) is 1. The van der Waals surface area contributed by atoms with E-state index in [0.29, 0.717) is 36.4 Å². The van der Waals surface area contributed by atoms with Crippen molar-refractivity contribution in [1.82, 2.24) is 5.32 Å². The number of rotatable bonds is 8. The largest absolute Gasteiger partial charge is 0.457 e. The Labute approximate surface area is 147 Å². The summed E-state index contributed by atoms with van der Waals surface area (Å²) >= 11 is 0. The highest BCUT2D eigenvalue weighted by Gasteiger charge is 2.38. The van der Waals surface area contributed by atoms with Gasteiger partial charge in [0.1, 0.15) is 11.5 Å². The van der Waals surface area contributed by atoms with Crippen LogP contribution in [-0.4, -0.2) is 18.1 Å². The molecule has 5 nitrogen and oxygen atoms in total. The molecule has 1 heterocycles. The maximum Gasteiger partial charge on any atom is 0.255 e. The Morgan fingerprint density at radius 1 is 1.08 bits per heavy atom. The molecule has 0 atom stereocenters. The first-order chi connectivity index (χ1) is 12.2. The average Bonchev–Trinajstić information content (AvgIpc) is 3.41. The molecule has 0 saturated heterocycles. The lowest BCUT2D eigenvalue weighted by atomic mass is 10.0. The number of benzene rings is 2. The molecule has 0 fully saturated rings. The van der Waals surface area contributed by atoms with Crippen LogP contribution in [0, 0.1) is 12.3 Å². The van der Waals surface area contributed by atoms with Gasteiger partial charge >= 0.3 is 0 Å². The summed E-state index contributed by atoms with van der Waals surface area (Å²) in [5.74, 6) is 3.62. The van der Waals surface area contributed by atoms with E-state index < -0.39 is 0 Å². The van der Waals surface area contributed by atoms with E-state index in [1.165, 1.54) is 0 Å². The summed E-state index contributed by atoms with van der Waals surface area (Å²) in [5, 5.41) is 11.0. The summed E-state index contributed by atoms with van der Waals surface area (Å²) in [6, 6.07) is 16.6. The number of nitrogens with one attached hydrogen (secondary N) is 1. The van der Waals surface area contributed by atoms with Crippen molar-refractivity contribution >= 4 is 5.91 Å². The lowest BCUT2D eigenvalue weighted by molar-refractivity contribution is 0.0949. The number of terminal acetylenes is 1. The Morgan fingerprint density at radius 3 is 2.52 bits per heavy atom. The summed E-state index contributed by atoms with van der Waals surface area (Å²) in [4.78, 5) is 12.5. The Morgan fingerprint density at radius 2 is 1.80 bits per heavy atom. The van der Waals surface area contributed by atoms with Crippen molar-refractivity contribution in [3.63, 3.8) is 0 Å². The van der Waals surface area contributed by atoms with Gasteiger partial charge in [-0.3, -0.25) is 4.79 Å². The molecule has 3 rings (SSSR count). The van der Waals surface area contributed by atoms with Crippen molar-refractivity contribution in [3.8, 4) is 23.8 Å². The predicted molar refractivity (Wildman–Crippen MR) is 95.6 cm³/mol. The van der Waals surface area contributed by atoms with E-state index in [9.17, 15) is 4.79 Å². The van der Waals surface area contributed by atoms with Gasteiger partial charge in [-0.05, 0) is 24.3 Å². The molecule has 0 spiro atoms. The first-order valence-corrected chi connectivity index (χ1v) is 8.20. The first-order valence-electron chi connectivity index (χ1n) is 8.20. The Bertz CT molecular complexity index is 803. The first kappa shape index (κ1) is 16.7. The van der Waals surface area contributed by atoms with Crippen molar-refractivity contribution in [2.75, 3.05) is 6.54 Å². The fourth-order valence-corrected chi connectivity index (χ4v) is 2.50. The third kappa shape index (κ3) is 4.45. The highest BCUT2D eigenvalue weighted by molar-refractivity contribution is 5.97. The summed E-state index contributed by atoms with van der Waals surface area (Å²) in [5.41, 5.74) is 0.105. The number of carbonyl (C=O) groups excluding carboxylic acids is 1. The molecule has 1 N–H and O–H groups in total. The summed E-state index contributed by atoms with van der Waals surface area (Å²) in [6.45, 7) is 0.482. The molecule has 0 unspecified atom stereocenters. The maximum atomic E-state index is 12.5. The van der Waals surface area contributed by atoms with Crippen LogP contribution in [0.5, 0.6) is 11.5 Å². The van der Waals surface area contributed by atoms with Gasteiger partial charge in [-0.2, -0.15) is 10.2 Å². The van der Waals surface area contributed by atoms with Crippen LogP contribution in [-0.2, 0) is 0 Å². The number of carbonyl (C=O) groups is 1. The second-order valence-corrected chi connectivity index (χ2v) is 5.80. The molecule has 0 saturated carbocycles. The summed E-state index contributed by atoms with van der Waals surface area (Å²) < 4.78 is 5.82. The van der Waals surface area contributed by atoms with Gasteiger partial charge in [-0.15, -0.1) is 12.3 Å². The van der Waals surface area contributed by atoms with Gasteiger partial charge in [0.05, 0.1) is 5.56 Å². The smallest absolute Gasteiger partial charge is 0.255 e. The Hall–Kier alpha value is -3.13. The van der Waals surface area contributed by atoms with Crippen molar-refractivity contribution in [1.29, 1.82) is 0 Å². The zero-order chi connectivity index (χ0) is 17.5. The number of amides is 1. The quantitative estimate of drug-likeness (QED) is 0.737. The molecule has 1 aliphatic heterocycles. The van der Waals surface area contributed by atoms with E-state index in [1.807, 2.05) is 42.5 Å². The number of para-hydroxylation sites is 2. The van der Waals surface area contributed by atoms with E-state index in [0.717, 1.165) is 6.42 Å². The topological polar surface area (TPSA) is 63.0 Å². The van der Waals surface area contributed by atoms with Crippen molar-refractivity contribution in [2.24, 2.45) is 10.2 Å². The molecule has 126 valence electrons. The second kappa shape index (κ2) is 7.63.